The van der Waals surface area contributed by atoms with E-state index in [1.807, 2.05) is 23.9 Å². The largest absolute Gasteiger partial charge is 0.384 e. The minimum Gasteiger partial charge on any atom is -0.384 e. The molecule has 1 heterocycles. The van der Waals surface area contributed by atoms with E-state index < -0.39 is 0 Å². The quantitative estimate of drug-likeness (QED) is 0.637. The van der Waals surface area contributed by atoms with E-state index in [0.717, 1.165) is 23.5 Å². The zero-order valence-corrected chi connectivity index (χ0v) is 12.1. The Morgan fingerprint density at radius 1 is 1.44 bits per heavy atom. The second-order valence-electron chi connectivity index (χ2n) is 4.89. The van der Waals surface area contributed by atoms with Crippen LogP contribution >= 0.6 is 11.8 Å². The number of nitrogens with zero attached hydrogens (tertiary/aromatic N) is 1. The van der Waals surface area contributed by atoms with Gasteiger partial charge in [-0.3, -0.25) is 5.41 Å². The highest BCUT2D eigenvalue weighted by Gasteiger charge is 2.28. The molecule has 3 N–H and O–H groups in total. The van der Waals surface area contributed by atoms with Gasteiger partial charge in [0.25, 0.3) is 0 Å². The number of aryl methyl sites for hydroxylation is 1. The molecule has 0 spiro atoms. The first-order valence-electron chi connectivity index (χ1n) is 6.34. The van der Waals surface area contributed by atoms with Crippen molar-refractivity contribution in [3.63, 3.8) is 0 Å². The van der Waals surface area contributed by atoms with Crippen LogP contribution in [0.4, 0.5) is 5.69 Å². The zero-order valence-electron chi connectivity index (χ0n) is 11.2. The van der Waals surface area contributed by atoms with Gasteiger partial charge in [0.2, 0.25) is 0 Å². The first-order chi connectivity index (χ1) is 8.52. The summed E-state index contributed by atoms with van der Waals surface area (Å²) in [4.78, 5) is 2.41. The number of nitrogens with one attached hydrogen (secondary N) is 1. The molecule has 0 saturated carbocycles. The molecule has 1 aliphatic heterocycles. The van der Waals surface area contributed by atoms with Crippen LogP contribution in [-0.4, -0.2) is 29.4 Å². The van der Waals surface area contributed by atoms with Crippen molar-refractivity contribution in [1.29, 1.82) is 5.41 Å². The maximum atomic E-state index is 7.75. The fourth-order valence-corrected chi connectivity index (χ4v) is 3.61. The minimum absolute atomic E-state index is 0.159. The Hall–Kier alpha value is -1.16. The third-order valence-corrected chi connectivity index (χ3v) is 5.04. The van der Waals surface area contributed by atoms with Crippen molar-refractivity contribution in [3.05, 3.63) is 29.3 Å². The average molecular weight is 263 g/mol. The Balaban J connectivity index is 2.46. The number of nitrogen functional groups attached to an aromatic ring is 1. The number of para-hydroxylation sites is 1. The van der Waals surface area contributed by atoms with E-state index in [1.54, 1.807) is 0 Å². The molecule has 2 atom stereocenters. The molecule has 1 aromatic rings. The van der Waals surface area contributed by atoms with Crippen LogP contribution in [0.25, 0.3) is 0 Å². The smallest absolute Gasteiger partial charge is 0.124 e. The van der Waals surface area contributed by atoms with Crippen LogP contribution in [0.15, 0.2) is 18.2 Å². The van der Waals surface area contributed by atoms with Crippen molar-refractivity contribution in [3.8, 4) is 0 Å². The molecule has 18 heavy (non-hydrogen) atoms. The van der Waals surface area contributed by atoms with E-state index in [-0.39, 0.29) is 5.84 Å². The van der Waals surface area contributed by atoms with Gasteiger partial charge >= 0.3 is 0 Å². The van der Waals surface area contributed by atoms with Gasteiger partial charge < -0.3 is 10.6 Å². The van der Waals surface area contributed by atoms with Gasteiger partial charge in [-0.1, -0.05) is 19.1 Å². The molecular formula is C14H21N3S. The number of amidine groups is 1. The first-order valence-corrected chi connectivity index (χ1v) is 7.39. The third kappa shape index (κ3) is 2.34. The molecule has 98 valence electrons. The number of nitrogens with two attached hydrogens (primary N) is 1. The predicted molar refractivity (Wildman–Crippen MR) is 80.9 cm³/mol. The normalized spacial score (nSPS) is 24.1. The van der Waals surface area contributed by atoms with Crippen molar-refractivity contribution < 1.29 is 0 Å². The standard InChI is InChI=1S/C14H21N3S/c1-9-5-4-6-12(14(15)16)13(9)17-7-8-18-11(3)10(17)2/h4-6,10-11H,7-8H2,1-3H3,(H3,15,16). The summed E-state index contributed by atoms with van der Waals surface area (Å²) in [6.07, 6.45) is 0. The van der Waals surface area contributed by atoms with Gasteiger partial charge in [-0.15, -0.1) is 0 Å². The van der Waals surface area contributed by atoms with Gasteiger partial charge in [-0.05, 0) is 25.5 Å². The highest BCUT2D eigenvalue weighted by Crippen LogP contribution is 2.33. The summed E-state index contributed by atoms with van der Waals surface area (Å²) < 4.78 is 0. The molecular weight excluding hydrogens is 242 g/mol. The van der Waals surface area contributed by atoms with Crippen LogP contribution in [0, 0.1) is 12.3 Å². The maximum Gasteiger partial charge on any atom is 0.124 e. The van der Waals surface area contributed by atoms with Crippen LogP contribution in [0.2, 0.25) is 0 Å². The van der Waals surface area contributed by atoms with Crippen molar-refractivity contribution in [2.24, 2.45) is 5.73 Å². The number of hydrogen-bond acceptors (Lipinski definition) is 3. The molecule has 0 bridgehead atoms. The van der Waals surface area contributed by atoms with Crippen LogP contribution in [-0.2, 0) is 0 Å². The average Bonchev–Trinajstić information content (AvgIpc) is 2.33. The van der Waals surface area contributed by atoms with E-state index in [4.69, 9.17) is 11.1 Å². The summed E-state index contributed by atoms with van der Waals surface area (Å²) in [5.74, 6) is 1.30. The molecule has 0 radical (unpaired) electrons. The van der Waals surface area contributed by atoms with Gasteiger partial charge in [-0.25, -0.2) is 0 Å². The number of benzene rings is 1. The Morgan fingerprint density at radius 3 is 2.83 bits per heavy atom. The van der Waals surface area contributed by atoms with Crippen LogP contribution in [0.3, 0.4) is 0 Å². The second kappa shape index (κ2) is 5.22. The van der Waals surface area contributed by atoms with Gasteiger partial charge in [0.05, 0.1) is 5.69 Å². The lowest BCUT2D eigenvalue weighted by Gasteiger charge is -2.40. The molecule has 0 amide bonds. The van der Waals surface area contributed by atoms with Crippen LogP contribution in [0.5, 0.6) is 0 Å². The summed E-state index contributed by atoms with van der Waals surface area (Å²) in [6, 6.07) is 6.50. The lowest BCUT2D eigenvalue weighted by Crippen LogP contribution is -2.45. The lowest BCUT2D eigenvalue weighted by molar-refractivity contribution is 0.625. The number of rotatable bonds is 2. The highest BCUT2D eigenvalue weighted by molar-refractivity contribution is 8.00. The molecule has 0 aliphatic carbocycles. The maximum absolute atomic E-state index is 7.75. The minimum atomic E-state index is 0.159. The molecule has 4 heteroatoms. The molecule has 2 rings (SSSR count). The van der Waals surface area contributed by atoms with Crippen molar-refractivity contribution in [2.45, 2.75) is 32.1 Å². The van der Waals surface area contributed by atoms with Gasteiger partial charge in [-0.2, -0.15) is 11.8 Å². The van der Waals surface area contributed by atoms with Gasteiger partial charge in [0.15, 0.2) is 0 Å². The van der Waals surface area contributed by atoms with Crippen molar-refractivity contribution >= 4 is 23.3 Å². The van der Waals surface area contributed by atoms with Gasteiger partial charge in [0, 0.05) is 29.2 Å². The topological polar surface area (TPSA) is 53.1 Å². The van der Waals surface area contributed by atoms with E-state index in [0.29, 0.717) is 11.3 Å². The summed E-state index contributed by atoms with van der Waals surface area (Å²) in [6.45, 7) is 7.66. The van der Waals surface area contributed by atoms with E-state index in [9.17, 15) is 0 Å². The number of anilines is 1. The van der Waals surface area contributed by atoms with Crippen LogP contribution < -0.4 is 10.6 Å². The Morgan fingerprint density at radius 2 is 2.17 bits per heavy atom. The lowest BCUT2D eigenvalue weighted by atomic mass is 10.0. The molecule has 2 unspecified atom stereocenters. The highest BCUT2D eigenvalue weighted by atomic mass is 32.2. The van der Waals surface area contributed by atoms with E-state index >= 15 is 0 Å². The van der Waals surface area contributed by atoms with Crippen LogP contribution in [0.1, 0.15) is 25.0 Å². The van der Waals surface area contributed by atoms with E-state index in [1.165, 1.54) is 5.56 Å². The Labute approximate surface area is 113 Å². The van der Waals surface area contributed by atoms with Gasteiger partial charge in [0.1, 0.15) is 5.84 Å². The predicted octanol–water partition coefficient (Wildman–Crippen LogP) is 2.61. The molecule has 1 fully saturated rings. The molecule has 0 aromatic heterocycles. The summed E-state index contributed by atoms with van der Waals surface area (Å²) in [5.41, 5.74) is 8.93. The molecule has 3 nitrogen and oxygen atoms in total. The molecule has 1 aliphatic rings. The monoisotopic (exact) mass is 263 g/mol. The second-order valence-corrected chi connectivity index (χ2v) is 6.38. The fraction of sp³-hybridized carbons (Fsp3) is 0.500. The number of hydrogen-bond donors (Lipinski definition) is 2. The Kier molecular flexibility index (Phi) is 3.85. The summed E-state index contributed by atoms with van der Waals surface area (Å²) in [7, 11) is 0. The van der Waals surface area contributed by atoms with Crippen molar-refractivity contribution in [2.75, 3.05) is 17.2 Å². The molecule has 1 aromatic carbocycles. The Bertz CT molecular complexity index is 458. The van der Waals surface area contributed by atoms with Crippen molar-refractivity contribution in [1.82, 2.24) is 0 Å². The zero-order chi connectivity index (χ0) is 13.3. The first kappa shape index (κ1) is 13.3. The van der Waals surface area contributed by atoms with E-state index in [2.05, 4.69) is 31.7 Å². The number of thioether (sulfide) groups is 1. The SMILES string of the molecule is Cc1cccc(C(=N)N)c1N1CCSC(C)C1C. The third-order valence-electron chi connectivity index (χ3n) is 3.70. The summed E-state index contributed by atoms with van der Waals surface area (Å²) >= 11 is 2.02. The molecule has 1 saturated heterocycles. The fourth-order valence-electron chi connectivity index (χ4n) is 2.51. The summed E-state index contributed by atoms with van der Waals surface area (Å²) in [5, 5.41) is 8.36.